The molecule has 1 heterocycles. The molecule has 0 bridgehead atoms. The molecule has 4 heteroatoms. The molecule has 0 radical (unpaired) electrons. The van der Waals surface area contributed by atoms with Crippen molar-refractivity contribution in [2.75, 3.05) is 12.4 Å². The van der Waals surface area contributed by atoms with Crippen molar-refractivity contribution < 1.29 is 4.39 Å². The van der Waals surface area contributed by atoms with Crippen molar-refractivity contribution in [3.63, 3.8) is 0 Å². The van der Waals surface area contributed by atoms with Crippen molar-refractivity contribution in [3.8, 4) is 11.4 Å². The number of aromatic nitrogens is 2. The van der Waals surface area contributed by atoms with Gasteiger partial charge < -0.3 is 5.32 Å². The molecular formula is C17H16FN3. The van der Waals surface area contributed by atoms with Gasteiger partial charge in [-0.25, -0.2) is 14.4 Å². The van der Waals surface area contributed by atoms with Crippen LogP contribution in [-0.2, 0) is 0 Å². The smallest absolute Gasteiger partial charge is 0.162 e. The van der Waals surface area contributed by atoms with E-state index in [9.17, 15) is 4.39 Å². The summed E-state index contributed by atoms with van der Waals surface area (Å²) in [7, 11) is 1.81. The molecule has 1 aromatic heterocycles. The number of benzene rings is 2. The van der Waals surface area contributed by atoms with Gasteiger partial charge in [-0.15, -0.1) is 0 Å². The van der Waals surface area contributed by atoms with Crippen LogP contribution in [0.25, 0.3) is 22.3 Å². The minimum absolute atomic E-state index is 0.296. The molecule has 0 atom stereocenters. The van der Waals surface area contributed by atoms with E-state index < -0.39 is 0 Å². The maximum atomic E-state index is 13.5. The van der Waals surface area contributed by atoms with Crippen LogP contribution in [0, 0.1) is 19.7 Å². The molecule has 21 heavy (non-hydrogen) atoms. The van der Waals surface area contributed by atoms with Crippen LogP contribution < -0.4 is 5.32 Å². The molecule has 0 spiro atoms. The monoisotopic (exact) mass is 281 g/mol. The van der Waals surface area contributed by atoms with Crippen LogP contribution in [0.3, 0.4) is 0 Å². The lowest BCUT2D eigenvalue weighted by Gasteiger charge is -2.12. The second kappa shape index (κ2) is 5.13. The van der Waals surface area contributed by atoms with Gasteiger partial charge >= 0.3 is 0 Å². The lowest BCUT2D eigenvalue weighted by Crippen LogP contribution is -2.01. The van der Waals surface area contributed by atoms with Gasteiger partial charge in [-0.3, -0.25) is 0 Å². The van der Waals surface area contributed by atoms with Crippen molar-refractivity contribution >= 4 is 16.7 Å². The summed E-state index contributed by atoms with van der Waals surface area (Å²) in [5.74, 6) is 1.03. The average Bonchev–Trinajstić information content (AvgIpc) is 2.45. The predicted molar refractivity (Wildman–Crippen MR) is 84.0 cm³/mol. The Hall–Kier alpha value is -2.49. The molecule has 0 amide bonds. The molecule has 0 unspecified atom stereocenters. The lowest BCUT2D eigenvalue weighted by molar-refractivity contribution is 0.629. The molecule has 0 saturated heterocycles. The Balaban J connectivity index is 2.33. The van der Waals surface area contributed by atoms with Crippen LogP contribution >= 0.6 is 0 Å². The molecule has 0 aliphatic carbocycles. The molecule has 2 aromatic carbocycles. The highest BCUT2D eigenvalue weighted by atomic mass is 19.1. The van der Waals surface area contributed by atoms with Crippen LogP contribution in [0.1, 0.15) is 11.1 Å². The van der Waals surface area contributed by atoms with Gasteiger partial charge in [0.1, 0.15) is 11.6 Å². The van der Waals surface area contributed by atoms with Crippen molar-refractivity contribution in [3.05, 3.63) is 53.3 Å². The summed E-state index contributed by atoms with van der Waals surface area (Å²) in [6, 6.07) is 10.6. The SMILES string of the molecule is CNc1nc(-c2c(C)cccc2C)nc2cc(F)ccc12. The van der Waals surface area contributed by atoms with E-state index in [2.05, 4.69) is 15.3 Å². The van der Waals surface area contributed by atoms with Gasteiger partial charge in [0.05, 0.1) is 5.52 Å². The van der Waals surface area contributed by atoms with Gasteiger partial charge in [0.2, 0.25) is 0 Å². The Morgan fingerprint density at radius 2 is 1.71 bits per heavy atom. The van der Waals surface area contributed by atoms with E-state index in [0.717, 1.165) is 22.1 Å². The summed E-state index contributed by atoms with van der Waals surface area (Å²) in [5, 5.41) is 3.88. The normalized spacial score (nSPS) is 10.9. The summed E-state index contributed by atoms with van der Waals surface area (Å²) in [5.41, 5.74) is 3.81. The van der Waals surface area contributed by atoms with E-state index in [-0.39, 0.29) is 5.82 Å². The minimum atomic E-state index is -0.296. The van der Waals surface area contributed by atoms with Gasteiger partial charge in [-0.05, 0) is 37.1 Å². The fraction of sp³-hybridized carbons (Fsp3) is 0.176. The fourth-order valence-corrected chi connectivity index (χ4v) is 2.57. The number of fused-ring (bicyclic) bond motifs is 1. The summed E-state index contributed by atoms with van der Waals surface area (Å²) in [6.07, 6.45) is 0. The Bertz CT molecular complexity index is 807. The first-order chi connectivity index (χ1) is 10.1. The second-order valence-electron chi connectivity index (χ2n) is 5.07. The van der Waals surface area contributed by atoms with E-state index in [1.54, 1.807) is 13.1 Å². The highest BCUT2D eigenvalue weighted by molar-refractivity contribution is 5.90. The first kappa shape index (κ1) is 13.5. The zero-order valence-electron chi connectivity index (χ0n) is 12.2. The number of halogens is 1. The second-order valence-corrected chi connectivity index (χ2v) is 5.07. The molecule has 0 fully saturated rings. The third kappa shape index (κ3) is 2.33. The van der Waals surface area contributed by atoms with E-state index >= 15 is 0 Å². The largest absolute Gasteiger partial charge is 0.373 e. The Morgan fingerprint density at radius 1 is 1.00 bits per heavy atom. The molecule has 106 valence electrons. The first-order valence-electron chi connectivity index (χ1n) is 6.82. The summed E-state index contributed by atoms with van der Waals surface area (Å²) >= 11 is 0. The standard InChI is InChI=1S/C17H16FN3/c1-10-5-4-6-11(2)15(10)17-20-14-9-12(18)7-8-13(14)16(19-3)21-17/h4-9H,1-3H3,(H,19,20,21). The molecule has 3 rings (SSSR count). The molecule has 0 aliphatic heterocycles. The molecule has 0 aliphatic rings. The maximum absolute atomic E-state index is 13.5. The highest BCUT2D eigenvalue weighted by Crippen LogP contribution is 2.29. The number of rotatable bonds is 2. The van der Waals surface area contributed by atoms with Gasteiger partial charge in [0, 0.05) is 24.1 Å². The lowest BCUT2D eigenvalue weighted by atomic mass is 10.0. The number of nitrogens with zero attached hydrogens (tertiary/aromatic N) is 2. The van der Waals surface area contributed by atoms with Crippen molar-refractivity contribution in [1.82, 2.24) is 9.97 Å². The van der Waals surface area contributed by atoms with Crippen LogP contribution in [0.15, 0.2) is 36.4 Å². The van der Waals surface area contributed by atoms with E-state index in [1.807, 2.05) is 32.0 Å². The first-order valence-corrected chi connectivity index (χ1v) is 6.82. The maximum Gasteiger partial charge on any atom is 0.162 e. The molecule has 3 nitrogen and oxygen atoms in total. The zero-order valence-corrected chi connectivity index (χ0v) is 12.2. The molecule has 3 aromatic rings. The highest BCUT2D eigenvalue weighted by Gasteiger charge is 2.12. The number of nitrogens with one attached hydrogen (secondary N) is 1. The topological polar surface area (TPSA) is 37.8 Å². The Labute approximate surface area is 122 Å². The molecule has 1 N–H and O–H groups in total. The van der Waals surface area contributed by atoms with Gasteiger partial charge in [0.15, 0.2) is 5.82 Å². The van der Waals surface area contributed by atoms with E-state index in [0.29, 0.717) is 17.2 Å². The molecular weight excluding hydrogens is 265 g/mol. The number of anilines is 1. The fourth-order valence-electron chi connectivity index (χ4n) is 2.57. The van der Waals surface area contributed by atoms with Crippen molar-refractivity contribution in [2.45, 2.75) is 13.8 Å². The van der Waals surface area contributed by atoms with Crippen LogP contribution in [0.4, 0.5) is 10.2 Å². The third-order valence-corrected chi connectivity index (χ3v) is 3.60. The van der Waals surface area contributed by atoms with Crippen molar-refractivity contribution in [2.24, 2.45) is 0 Å². The van der Waals surface area contributed by atoms with Gasteiger partial charge in [-0.1, -0.05) is 18.2 Å². The summed E-state index contributed by atoms with van der Waals surface area (Å²) < 4.78 is 13.5. The van der Waals surface area contributed by atoms with Crippen LogP contribution in [0.5, 0.6) is 0 Å². The summed E-state index contributed by atoms with van der Waals surface area (Å²) in [6.45, 7) is 4.06. The third-order valence-electron chi connectivity index (χ3n) is 3.60. The summed E-state index contributed by atoms with van der Waals surface area (Å²) in [4.78, 5) is 9.14. The Kier molecular flexibility index (Phi) is 3.29. The predicted octanol–water partition coefficient (Wildman–Crippen LogP) is 4.09. The minimum Gasteiger partial charge on any atom is -0.373 e. The van der Waals surface area contributed by atoms with Gasteiger partial charge in [0.25, 0.3) is 0 Å². The number of aryl methyl sites for hydroxylation is 2. The average molecular weight is 281 g/mol. The van der Waals surface area contributed by atoms with Crippen molar-refractivity contribution in [1.29, 1.82) is 0 Å². The molecule has 0 saturated carbocycles. The van der Waals surface area contributed by atoms with E-state index in [4.69, 9.17) is 0 Å². The zero-order chi connectivity index (χ0) is 15.0. The van der Waals surface area contributed by atoms with Gasteiger partial charge in [-0.2, -0.15) is 0 Å². The number of hydrogen-bond acceptors (Lipinski definition) is 3. The Morgan fingerprint density at radius 3 is 2.38 bits per heavy atom. The van der Waals surface area contributed by atoms with Crippen LogP contribution in [0.2, 0.25) is 0 Å². The quantitative estimate of drug-likeness (QED) is 0.768. The van der Waals surface area contributed by atoms with E-state index in [1.165, 1.54) is 12.1 Å². The van der Waals surface area contributed by atoms with Crippen LogP contribution in [-0.4, -0.2) is 17.0 Å². The number of hydrogen-bond donors (Lipinski definition) is 1.